The Bertz CT molecular complexity index is 313. The SMILES string of the molecule is CCCCNC(=S)N(C)Cc1ccccn1. The summed E-state index contributed by atoms with van der Waals surface area (Å²) in [4.78, 5) is 6.28. The first-order valence-corrected chi connectivity index (χ1v) is 6.03. The average molecular weight is 237 g/mol. The molecule has 1 rings (SSSR count). The molecule has 1 aromatic heterocycles. The first-order valence-electron chi connectivity index (χ1n) is 5.63. The number of nitrogens with one attached hydrogen (secondary N) is 1. The third kappa shape index (κ3) is 4.57. The largest absolute Gasteiger partial charge is 0.363 e. The maximum Gasteiger partial charge on any atom is 0.169 e. The van der Waals surface area contributed by atoms with E-state index in [2.05, 4.69) is 17.2 Å². The monoisotopic (exact) mass is 237 g/mol. The summed E-state index contributed by atoms with van der Waals surface area (Å²) < 4.78 is 0. The maximum atomic E-state index is 5.28. The van der Waals surface area contributed by atoms with Crippen molar-refractivity contribution in [2.24, 2.45) is 0 Å². The highest BCUT2D eigenvalue weighted by molar-refractivity contribution is 7.80. The van der Waals surface area contributed by atoms with Crippen LogP contribution in [-0.4, -0.2) is 28.6 Å². The standard InChI is InChI=1S/C12H19N3S/c1-3-4-8-14-12(16)15(2)10-11-7-5-6-9-13-11/h5-7,9H,3-4,8,10H2,1-2H3,(H,14,16). The number of rotatable bonds is 5. The van der Waals surface area contributed by atoms with Crippen molar-refractivity contribution in [1.29, 1.82) is 0 Å². The molecule has 0 fully saturated rings. The zero-order valence-corrected chi connectivity index (χ0v) is 10.8. The fourth-order valence-corrected chi connectivity index (χ4v) is 1.48. The smallest absolute Gasteiger partial charge is 0.169 e. The van der Waals surface area contributed by atoms with E-state index in [1.54, 1.807) is 6.20 Å². The van der Waals surface area contributed by atoms with Gasteiger partial charge in [0, 0.05) is 19.8 Å². The van der Waals surface area contributed by atoms with Gasteiger partial charge in [0.15, 0.2) is 5.11 Å². The first-order chi connectivity index (χ1) is 7.74. The summed E-state index contributed by atoms with van der Waals surface area (Å²) in [5, 5.41) is 4.02. The Morgan fingerprint density at radius 1 is 1.50 bits per heavy atom. The summed E-state index contributed by atoms with van der Waals surface area (Å²) in [5.41, 5.74) is 1.03. The number of aromatic nitrogens is 1. The van der Waals surface area contributed by atoms with Crippen LogP contribution in [0.15, 0.2) is 24.4 Å². The normalized spacial score (nSPS) is 9.88. The highest BCUT2D eigenvalue weighted by Crippen LogP contribution is 1.99. The molecule has 1 aromatic rings. The number of nitrogens with zero attached hydrogens (tertiary/aromatic N) is 2. The van der Waals surface area contributed by atoms with E-state index in [0.717, 1.165) is 30.3 Å². The van der Waals surface area contributed by atoms with Crippen LogP contribution in [-0.2, 0) is 6.54 Å². The second kappa shape index (κ2) is 7.17. The lowest BCUT2D eigenvalue weighted by Gasteiger charge is -2.20. The van der Waals surface area contributed by atoms with E-state index in [-0.39, 0.29) is 0 Å². The molecule has 0 spiro atoms. The quantitative estimate of drug-likeness (QED) is 0.627. The molecule has 16 heavy (non-hydrogen) atoms. The van der Waals surface area contributed by atoms with E-state index in [4.69, 9.17) is 12.2 Å². The van der Waals surface area contributed by atoms with E-state index >= 15 is 0 Å². The molecule has 0 aliphatic carbocycles. The van der Waals surface area contributed by atoms with Crippen LogP contribution in [0.1, 0.15) is 25.5 Å². The van der Waals surface area contributed by atoms with Gasteiger partial charge in [0.05, 0.1) is 12.2 Å². The molecule has 0 saturated heterocycles. The van der Waals surface area contributed by atoms with Crippen molar-refractivity contribution in [3.05, 3.63) is 30.1 Å². The Morgan fingerprint density at radius 2 is 2.31 bits per heavy atom. The van der Waals surface area contributed by atoms with Gasteiger partial charge in [-0.3, -0.25) is 4.98 Å². The molecule has 88 valence electrons. The molecule has 1 N–H and O–H groups in total. The fraction of sp³-hybridized carbons (Fsp3) is 0.500. The summed E-state index contributed by atoms with van der Waals surface area (Å²) in [5.74, 6) is 0. The van der Waals surface area contributed by atoms with E-state index in [9.17, 15) is 0 Å². The molecule has 0 aromatic carbocycles. The summed E-state index contributed by atoms with van der Waals surface area (Å²) >= 11 is 5.28. The van der Waals surface area contributed by atoms with Crippen LogP contribution in [0.3, 0.4) is 0 Å². The minimum absolute atomic E-state index is 0.749. The van der Waals surface area contributed by atoms with E-state index in [1.165, 1.54) is 6.42 Å². The van der Waals surface area contributed by atoms with Gasteiger partial charge < -0.3 is 10.2 Å². The minimum atomic E-state index is 0.749. The molecule has 0 aliphatic rings. The maximum absolute atomic E-state index is 5.28. The third-order valence-corrected chi connectivity index (χ3v) is 2.73. The van der Waals surface area contributed by atoms with Crippen LogP contribution in [0.5, 0.6) is 0 Å². The Morgan fingerprint density at radius 3 is 2.94 bits per heavy atom. The van der Waals surface area contributed by atoms with Gasteiger partial charge >= 0.3 is 0 Å². The third-order valence-electron chi connectivity index (χ3n) is 2.28. The van der Waals surface area contributed by atoms with Gasteiger partial charge in [-0.05, 0) is 30.8 Å². The van der Waals surface area contributed by atoms with Crippen molar-refractivity contribution < 1.29 is 0 Å². The Kier molecular flexibility index (Phi) is 5.78. The van der Waals surface area contributed by atoms with Gasteiger partial charge in [0.2, 0.25) is 0 Å². The lowest BCUT2D eigenvalue weighted by molar-refractivity contribution is 0.480. The van der Waals surface area contributed by atoms with Crippen LogP contribution >= 0.6 is 12.2 Å². The van der Waals surface area contributed by atoms with Gasteiger partial charge in [0.1, 0.15) is 0 Å². The van der Waals surface area contributed by atoms with Gasteiger partial charge in [-0.2, -0.15) is 0 Å². The molecular formula is C12H19N3S. The number of pyridine rings is 1. The highest BCUT2D eigenvalue weighted by Gasteiger charge is 2.04. The summed E-state index contributed by atoms with van der Waals surface area (Å²) in [6.45, 7) is 3.86. The topological polar surface area (TPSA) is 28.2 Å². The summed E-state index contributed by atoms with van der Waals surface area (Å²) in [7, 11) is 1.98. The van der Waals surface area contributed by atoms with Crippen LogP contribution < -0.4 is 5.32 Å². The van der Waals surface area contributed by atoms with Gasteiger partial charge in [-0.25, -0.2) is 0 Å². The van der Waals surface area contributed by atoms with Gasteiger partial charge in [0.25, 0.3) is 0 Å². The van der Waals surface area contributed by atoms with Crippen LogP contribution in [0.2, 0.25) is 0 Å². The fourth-order valence-electron chi connectivity index (χ4n) is 1.31. The Labute approximate surface area is 103 Å². The summed E-state index contributed by atoms with van der Waals surface area (Å²) in [6.07, 6.45) is 4.13. The van der Waals surface area contributed by atoms with Crippen LogP contribution in [0.4, 0.5) is 0 Å². The minimum Gasteiger partial charge on any atom is -0.363 e. The zero-order chi connectivity index (χ0) is 11.8. The predicted octanol–water partition coefficient (Wildman–Crippen LogP) is 2.19. The zero-order valence-electron chi connectivity index (χ0n) is 9.94. The van der Waals surface area contributed by atoms with Gasteiger partial charge in [-0.15, -0.1) is 0 Å². The van der Waals surface area contributed by atoms with Crippen molar-refractivity contribution in [2.75, 3.05) is 13.6 Å². The van der Waals surface area contributed by atoms with Crippen molar-refractivity contribution in [3.8, 4) is 0 Å². The van der Waals surface area contributed by atoms with Crippen molar-refractivity contribution >= 4 is 17.3 Å². The number of thiocarbonyl (C=S) groups is 1. The van der Waals surface area contributed by atoms with Gasteiger partial charge in [-0.1, -0.05) is 19.4 Å². The predicted molar refractivity (Wildman–Crippen MR) is 71.2 cm³/mol. The lowest BCUT2D eigenvalue weighted by Crippen LogP contribution is -2.37. The van der Waals surface area contributed by atoms with Crippen molar-refractivity contribution in [3.63, 3.8) is 0 Å². The second-order valence-corrected chi connectivity index (χ2v) is 4.15. The number of unbranched alkanes of at least 4 members (excludes halogenated alkanes) is 1. The van der Waals surface area contributed by atoms with E-state index in [0.29, 0.717) is 0 Å². The molecule has 1 heterocycles. The number of hydrogen-bond donors (Lipinski definition) is 1. The molecule has 0 saturated carbocycles. The molecule has 3 nitrogen and oxygen atoms in total. The second-order valence-electron chi connectivity index (χ2n) is 3.76. The average Bonchev–Trinajstić information content (AvgIpc) is 2.30. The molecule has 0 amide bonds. The molecule has 0 unspecified atom stereocenters. The Balaban J connectivity index is 2.34. The van der Waals surface area contributed by atoms with Crippen LogP contribution in [0.25, 0.3) is 0 Å². The van der Waals surface area contributed by atoms with E-state index in [1.807, 2.05) is 30.1 Å². The van der Waals surface area contributed by atoms with Crippen LogP contribution in [0, 0.1) is 0 Å². The first kappa shape index (κ1) is 12.9. The molecular weight excluding hydrogens is 218 g/mol. The lowest BCUT2D eigenvalue weighted by atomic mass is 10.3. The molecule has 4 heteroatoms. The number of hydrogen-bond acceptors (Lipinski definition) is 2. The Hall–Kier alpha value is -1.16. The van der Waals surface area contributed by atoms with Crippen molar-refractivity contribution in [1.82, 2.24) is 15.2 Å². The highest BCUT2D eigenvalue weighted by atomic mass is 32.1. The molecule has 0 bridgehead atoms. The summed E-state index contributed by atoms with van der Waals surface area (Å²) in [6, 6.07) is 5.91. The molecule has 0 atom stereocenters. The van der Waals surface area contributed by atoms with Crippen molar-refractivity contribution in [2.45, 2.75) is 26.3 Å². The molecule has 0 radical (unpaired) electrons. The van der Waals surface area contributed by atoms with E-state index < -0.39 is 0 Å². The molecule has 0 aliphatic heterocycles.